The number of carbonyl (C=O) groups is 1. The minimum absolute atomic E-state index is 0.398. The first kappa shape index (κ1) is 16.9. The number of rotatable bonds is 6. The van der Waals surface area contributed by atoms with Gasteiger partial charge in [-0.1, -0.05) is 12.1 Å². The quantitative estimate of drug-likeness (QED) is 0.842. The van der Waals surface area contributed by atoms with Crippen molar-refractivity contribution in [1.29, 1.82) is 5.26 Å². The minimum Gasteiger partial charge on any atom is -0.369 e. The van der Waals surface area contributed by atoms with Crippen molar-refractivity contribution in [3.05, 3.63) is 59.3 Å². The molecular weight excluding hydrogens is 314 g/mol. The van der Waals surface area contributed by atoms with Gasteiger partial charge in [-0.3, -0.25) is 9.69 Å². The van der Waals surface area contributed by atoms with Gasteiger partial charge in [-0.05, 0) is 48.7 Å². The number of hydrogen-bond donors (Lipinski definition) is 2. The molecule has 1 atom stereocenters. The number of nitrogens with two attached hydrogens (primary N) is 1. The summed E-state index contributed by atoms with van der Waals surface area (Å²) in [6.07, 6.45) is 2.81. The summed E-state index contributed by atoms with van der Waals surface area (Å²) in [4.78, 5) is 17.7. The molecule has 0 radical (unpaired) electrons. The van der Waals surface area contributed by atoms with Crippen LogP contribution in [0.4, 0.5) is 5.82 Å². The minimum atomic E-state index is -0.398. The third-order valence-corrected chi connectivity index (χ3v) is 4.50. The highest BCUT2D eigenvalue weighted by Crippen LogP contribution is 2.20. The van der Waals surface area contributed by atoms with Crippen LogP contribution in [0.2, 0.25) is 0 Å². The van der Waals surface area contributed by atoms with Gasteiger partial charge in [-0.2, -0.15) is 5.26 Å². The highest BCUT2D eigenvalue weighted by atomic mass is 16.1. The summed E-state index contributed by atoms with van der Waals surface area (Å²) >= 11 is 0. The van der Waals surface area contributed by atoms with Gasteiger partial charge in [0.15, 0.2) is 0 Å². The van der Waals surface area contributed by atoms with E-state index in [1.54, 1.807) is 30.5 Å². The summed E-state index contributed by atoms with van der Waals surface area (Å²) in [6, 6.07) is 13.2. The van der Waals surface area contributed by atoms with Crippen molar-refractivity contribution >= 4 is 11.7 Å². The standard InChI is InChI=1S/C19H21N5O/c20-10-17-2-1-8-22-19(17)23-11-15-7-9-24(13-15)12-14-3-5-16(6-4-14)18(21)25/h1-6,8,15H,7,9,11-13H2,(H2,21,25)(H,22,23)/t15-/m0/s1. The second kappa shape index (κ2) is 7.77. The Morgan fingerprint density at radius 2 is 2.16 bits per heavy atom. The molecule has 1 amide bonds. The monoisotopic (exact) mass is 335 g/mol. The number of aromatic nitrogens is 1. The summed E-state index contributed by atoms with van der Waals surface area (Å²) in [5, 5.41) is 12.4. The number of pyridine rings is 1. The number of nitriles is 1. The second-order valence-electron chi connectivity index (χ2n) is 6.34. The molecule has 0 spiro atoms. The summed E-state index contributed by atoms with van der Waals surface area (Å²) in [5.41, 5.74) is 7.56. The first-order chi connectivity index (χ1) is 12.2. The number of likely N-dealkylation sites (tertiary alicyclic amines) is 1. The van der Waals surface area contributed by atoms with Crippen molar-refractivity contribution in [2.45, 2.75) is 13.0 Å². The van der Waals surface area contributed by atoms with Gasteiger partial charge in [0.25, 0.3) is 0 Å². The van der Waals surface area contributed by atoms with Crippen molar-refractivity contribution in [2.75, 3.05) is 25.0 Å². The van der Waals surface area contributed by atoms with Crippen LogP contribution >= 0.6 is 0 Å². The Morgan fingerprint density at radius 1 is 1.36 bits per heavy atom. The van der Waals surface area contributed by atoms with Gasteiger partial charge in [0.05, 0.1) is 5.56 Å². The number of anilines is 1. The van der Waals surface area contributed by atoms with Gasteiger partial charge >= 0.3 is 0 Å². The molecule has 3 N–H and O–H groups in total. The Balaban J connectivity index is 1.50. The molecule has 3 rings (SSSR count). The molecule has 128 valence electrons. The highest BCUT2D eigenvalue weighted by Gasteiger charge is 2.22. The third-order valence-electron chi connectivity index (χ3n) is 4.50. The van der Waals surface area contributed by atoms with Crippen LogP contribution in [0.25, 0.3) is 0 Å². The van der Waals surface area contributed by atoms with Gasteiger partial charge in [-0.25, -0.2) is 4.98 Å². The van der Waals surface area contributed by atoms with E-state index in [0.29, 0.717) is 22.9 Å². The topological polar surface area (TPSA) is 95.0 Å². The average molecular weight is 335 g/mol. The van der Waals surface area contributed by atoms with Crippen molar-refractivity contribution in [3.8, 4) is 6.07 Å². The number of carbonyl (C=O) groups excluding carboxylic acids is 1. The SMILES string of the molecule is N#Cc1cccnc1NC[C@@H]1CCN(Cc2ccc(C(N)=O)cc2)C1. The molecule has 1 fully saturated rings. The van der Waals surface area contributed by atoms with Crippen LogP contribution in [0.5, 0.6) is 0 Å². The Morgan fingerprint density at radius 3 is 2.88 bits per heavy atom. The second-order valence-corrected chi connectivity index (χ2v) is 6.34. The lowest BCUT2D eigenvalue weighted by molar-refractivity contribution is 0.100. The van der Waals surface area contributed by atoms with E-state index in [4.69, 9.17) is 11.0 Å². The summed E-state index contributed by atoms with van der Waals surface area (Å²) in [5.74, 6) is 0.786. The Labute approximate surface area is 147 Å². The van der Waals surface area contributed by atoms with Crippen molar-refractivity contribution in [2.24, 2.45) is 11.7 Å². The Bertz CT molecular complexity index is 781. The van der Waals surface area contributed by atoms with Gasteiger partial charge in [0.2, 0.25) is 5.91 Å². The third kappa shape index (κ3) is 4.34. The van der Waals surface area contributed by atoms with Crippen LogP contribution in [0.3, 0.4) is 0 Å². The maximum atomic E-state index is 11.1. The Hall–Kier alpha value is -2.91. The number of primary amides is 1. The maximum Gasteiger partial charge on any atom is 0.248 e. The molecule has 6 nitrogen and oxygen atoms in total. The zero-order valence-electron chi connectivity index (χ0n) is 14.0. The zero-order valence-corrected chi connectivity index (χ0v) is 14.0. The van der Waals surface area contributed by atoms with E-state index in [2.05, 4.69) is 21.3 Å². The fourth-order valence-electron chi connectivity index (χ4n) is 3.13. The summed E-state index contributed by atoms with van der Waals surface area (Å²) in [7, 11) is 0. The van der Waals surface area contributed by atoms with Gasteiger partial charge < -0.3 is 11.1 Å². The summed E-state index contributed by atoms with van der Waals surface area (Å²) in [6.45, 7) is 3.71. The largest absolute Gasteiger partial charge is 0.369 e. The fraction of sp³-hybridized carbons (Fsp3) is 0.316. The number of hydrogen-bond acceptors (Lipinski definition) is 5. The Kier molecular flexibility index (Phi) is 5.26. The predicted molar refractivity (Wildman–Crippen MR) is 95.8 cm³/mol. The van der Waals surface area contributed by atoms with E-state index < -0.39 is 5.91 Å². The number of benzene rings is 1. The normalized spacial score (nSPS) is 17.2. The average Bonchev–Trinajstić information content (AvgIpc) is 3.08. The number of nitrogens with one attached hydrogen (secondary N) is 1. The molecule has 2 aromatic rings. The van der Waals surface area contributed by atoms with E-state index in [9.17, 15) is 4.79 Å². The number of nitrogens with zero attached hydrogens (tertiary/aromatic N) is 3. The van der Waals surface area contributed by atoms with Crippen molar-refractivity contribution in [3.63, 3.8) is 0 Å². The van der Waals surface area contributed by atoms with Crippen LogP contribution < -0.4 is 11.1 Å². The van der Waals surface area contributed by atoms with E-state index >= 15 is 0 Å². The molecule has 1 aromatic heterocycles. The van der Waals surface area contributed by atoms with Crippen LogP contribution in [0.15, 0.2) is 42.6 Å². The molecule has 1 aromatic carbocycles. The highest BCUT2D eigenvalue weighted by molar-refractivity contribution is 5.92. The van der Waals surface area contributed by atoms with Crippen LogP contribution in [-0.4, -0.2) is 35.4 Å². The van der Waals surface area contributed by atoms with E-state index in [-0.39, 0.29) is 0 Å². The molecule has 2 heterocycles. The lowest BCUT2D eigenvalue weighted by Crippen LogP contribution is -2.23. The van der Waals surface area contributed by atoms with E-state index in [1.165, 1.54) is 5.56 Å². The molecule has 1 aliphatic rings. The van der Waals surface area contributed by atoms with Crippen LogP contribution in [0, 0.1) is 17.2 Å². The summed E-state index contributed by atoms with van der Waals surface area (Å²) < 4.78 is 0. The molecule has 25 heavy (non-hydrogen) atoms. The zero-order chi connectivity index (χ0) is 17.6. The predicted octanol–water partition coefficient (Wildman–Crippen LogP) is 1.99. The van der Waals surface area contributed by atoms with Crippen molar-refractivity contribution < 1.29 is 4.79 Å². The van der Waals surface area contributed by atoms with E-state index in [1.807, 2.05) is 12.1 Å². The van der Waals surface area contributed by atoms with Crippen molar-refractivity contribution in [1.82, 2.24) is 9.88 Å². The molecule has 0 unspecified atom stereocenters. The van der Waals surface area contributed by atoms with Gasteiger partial charge in [0.1, 0.15) is 11.9 Å². The molecule has 0 bridgehead atoms. The maximum absolute atomic E-state index is 11.1. The molecule has 0 aliphatic carbocycles. The molecule has 1 aliphatic heterocycles. The van der Waals surface area contributed by atoms with Crippen LogP contribution in [-0.2, 0) is 6.54 Å². The molecular formula is C19H21N5O. The fourth-order valence-corrected chi connectivity index (χ4v) is 3.13. The first-order valence-electron chi connectivity index (χ1n) is 8.36. The lowest BCUT2D eigenvalue weighted by atomic mass is 10.1. The van der Waals surface area contributed by atoms with Gasteiger partial charge in [-0.15, -0.1) is 0 Å². The van der Waals surface area contributed by atoms with Crippen LogP contribution in [0.1, 0.15) is 27.9 Å². The van der Waals surface area contributed by atoms with Gasteiger partial charge in [0, 0.05) is 31.4 Å². The number of amides is 1. The molecule has 6 heteroatoms. The molecule has 1 saturated heterocycles. The van der Waals surface area contributed by atoms with E-state index in [0.717, 1.165) is 32.6 Å². The lowest BCUT2D eigenvalue weighted by Gasteiger charge is -2.17. The smallest absolute Gasteiger partial charge is 0.248 e. The molecule has 0 saturated carbocycles. The first-order valence-corrected chi connectivity index (χ1v) is 8.36.